The smallest absolute Gasteiger partial charge is 0.341 e. The normalized spacial score (nSPS) is 11.3. The van der Waals surface area contributed by atoms with E-state index in [1.807, 2.05) is 6.92 Å². The van der Waals surface area contributed by atoms with Crippen molar-refractivity contribution in [2.24, 2.45) is 5.10 Å². The van der Waals surface area contributed by atoms with Gasteiger partial charge in [-0.1, -0.05) is 29.3 Å². The minimum atomic E-state index is -3.84. The molecule has 9 nitrogen and oxygen atoms in total. The van der Waals surface area contributed by atoms with Gasteiger partial charge in [-0.2, -0.15) is 5.10 Å². The third-order valence-electron chi connectivity index (χ3n) is 4.31. The van der Waals surface area contributed by atoms with Crippen LogP contribution < -0.4 is 14.9 Å². The first-order valence-corrected chi connectivity index (χ1v) is 12.0. The number of sulfonamides is 1. The fraction of sp³-hybridized carbons (Fsp3) is 0.136. The van der Waals surface area contributed by atoms with Crippen LogP contribution in [0.25, 0.3) is 0 Å². The summed E-state index contributed by atoms with van der Waals surface area (Å²) in [4.78, 5) is 23.6. The van der Waals surface area contributed by atoms with Crippen molar-refractivity contribution in [1.82, 2.24) is 5.43 Å². The number of carbonyl (C=O) groups excluding carboxylic acids is 1. The van der Waals surface area contributed by atoms with Crippen LogP contribution in [0.2, 0.25) is 0 Å². The summed E-state index contributed by atoms with van der Waals surface area (Å²) >= 11 is 1.06. The van der Waals surface area contributed by atoms with Gasteiger partial charge in [0.15, 0.2) is 6.61 Å². The largest absolute Gasteiger partial charge is 0.481 e. The van der Waals surface area contributed by atoms with Crippen LogP contribution >= 0.6 is 11.3 Å². The Bertz CT molecular complexity index is 1300. The number of thiophene rings is 1. The van der Waals surface area contributed by atoms with Gasteiger partial charge in [-0.3, -0.25) is 9.52 Å². The van der Waals surface area contributed by atoms with Gasteiger partial charge in [-0.05, 0) is 49.6 Å². The van der Waals surface area contributed by atoms with Crippen molar-refractivity contribution >= 4 is 45.1 Å². The minimum Gasteiger partial charge on any atom is -0.481 e. The topological polar surface area (TPSA) is 134 Å². The number of aryl methyl sites for hydroxylation is 2. The Balaban J connectivity index is 1.80. The number of benzene rings is 2. The number of hydrazone groups is 1. The van der Waals surface area contributed by atoms with Crippen LogP contribution in [0.1, 0.15) is 27.0 Å². The lowest BCUT2D eigenvalue weighted by Crippen LogP contribution is -2.21. The number of aliphatic carboxylic acids is 1. The molecule has 1 amide bonds. The first-order valence-electron chi connectivity index (χ1n) is 9.61. The molecule has 0 radical (unpaired) electrons. The van der Waals surface area contributed by atoms with Crippen molar-refractivity contribution in [2.75, 3.05) is 11.3 Å². The van der Waals surface area contributed by atoms with Crippen LogP contribution in [0.15, 0.2) is 63.2 Å². The zero-order valence-corrected chi connectivity index (χ0v) is 19.4. The van der Waals surface area contributed by atoms with E-state index < -0.39 is 28.5 Å². The summed E-state index contributed by atoms with van der Waals surface area (Å²) < 4.78 is 33.0. The van der Waals surface area contributed by atoms with E-state index in [4.69, 9.17) is 9.84 Å². The molecule has 0 fully saturated rings. The maximum Gasteiger partial charge on any atom is 0.341 e. The molecule has 0 atom stereocenters. The molecular formula is C22H21N3O6S2. The standard InChI is InChI=1S/C22H21N3O6S2/c1-14-6-8-19(31-13-20(26)27)16(10-14)12-23-24-22(28)17-11-15(2)5-7-18(17)25-33(29,30)21-4-3-9-32-21/h3-12,25H,13H2,1-2H3,(H,24,28)(H,26,27)/b23-12-. The van der Waals surface area contributed by atoms with E-state index in [9.17, 15) is 18.0 Å². The number of ether oxygens (including phenoxy) is 1. The Hall–Kier alpha value is -3.70. The number of rotatable bonds is 9. The molecule has 3 rings (SSSR count). The molecule has 0 aliphatic rings. The van der Waals surface area contributed by atoms with Crippen molar-refractivity contribution in [3.05, 3.63) is 76.2 Å². The fourth-order valence-corrected chi connectivity index (χ4v) is 4.88. The van der Waals surface area contributed by atoms with Crippen molar-refractivity contribution in [3.63, 3.8) is 0 Å². The lowest BCUT2D eigenvalue weighted by Gasteiger charge is -2.12. The third-order valence-corrected chi connectivity index (χ3v) is 7.07. The van der Waals surface area contributed by atoms with Gasteiger partial charge < -0.3 is 9.84 Å². The van der Waals surface area contributed by atoms with Gasteiger partial charge in [-0.25, -0.2) is 18.6 Å². The molecule has 33 heavy (non-hydrogen) atoms. The number of hydrogen-bond donors (Lipinski definition) is 3. The van der Waals surface area contributed by atoms with Crippen LogP contribution in [0, 0.1) is 13.8 Å². The van der Waals surface area contributed by atoms with Gasteiger partial charge in [0.25, 0.3) is 15.9 Å². The molecule has 172 valence electrons. The number of hydrogen-bond acceptors (Lipinski definition) is 7. The molecule has 0 aliphatic heterocycles. The molecule has 0 spiro atoms. The summed E-state index contributed by atoms with van der Waals surface area (Å²) in [6, 6.07) is 12.9. The summed E-state index contributed by atoms with van der Waals surface area (Å²) in [5.74, 6) is -1.45. The number of amides is 1. The molecule has 1 aromatic heterocycles. The Morgan fingerprint density at radius 2 is 1.85 bits per heavy atom. The zero-order chi connectivity index (χ0) is 24.0. The molecule has 2 aromatic carbocycles. The second-order valence-electron chi connectivity index (χ2n) is 7.01. The average Bonchev–Trinajstić information content (AvgIpc) is 3.30. The van der Waals surface area contributed by atoms with E-state index in [1.54, 1.807) is 48.7 Å². The number of anilines is 1. The van der Waals surface area contributed by atoms with E-state index in [2.05, 4.69) is 15.2 Å². The highest BCUT2D eigenvalue weighted by Crippen LogP contribution is 2.24. The fourth-order valence-electron chi connectivity index (χ4n) is 2.81. The summed E-state index contributed by atoms with van der Waals surface area (Å²) in [7, 11) is -3.84. The Morgan fingerprint density at radius 1 is 1.12 bits per heavy atom. The first kappa shape index (κ1) is 24.0. The number of carboxylic acid groups (broad SMARTS) is 1. The van der Waals surface area contributed by atoms with E-state index in [0.717, 1.165) is 22.5 Å². The molecule has 0 unspecified atom stereocenters. The minimum absolute atomic E-state index is 0.0962. The molecule has 3 aromatic rings. The van der Waals surface area contributed by atoms with Gasteiger partial charge >= 0.3 is 5.97 Å². The summed E-state index contributed by atoms with van der Waals surface area (Å²) in [5, 5.41) is 14.4. The van der Waals surface area contributed by atoms with Gasteiger partial charge in [0.1, 0.15) is 9.96 Å². The second kappa shape index (κ2) is 10.3. The van der Waals surface area contributed by atoms with Crippen LogP contribution in [-0.2, 0) is 14.8 Å². The van der Waals surface area contributed by atoms with Gasteiger partial charge in [0.2, 0.25) is 0 Å². The summed E-state index contributed by atoms with van der Waals surface area (Å²) in [5.41, 5.74) is 4.69. The maximum atomic E-state index is 12.8. The van der Waals surface area contributed by atoms with Crippen molar-refractivity contribution in [3.8, 4) is 5.75 Å². The first-order chi connectivity index (χ1) is 15.7. The van der Waals surface area contributed by atoms with Gasteiger partial charge in [-0.15, -0.1) is 11.3 Å². The molecule has 0 saturated heterocycles. The Labute approximate surface area is 194 Å². The Kier molecular flexibility index (Phi) is 7.46. The predicted molar refractivity (Wildman–Crippen MR) is 126 cm³/mol. The van der Waals surface area contributed by atoms with Gasteiger partial charge in [0, 0.05) is 5.56 Å². The van der Waals surface area contributed by atoms with Crippen LogP contribution in [0.5, 0.6) is 5.75 Å². The molecule has 0 saturated carbocycles. The monoisotopic (exact) mass is 487 g/mol. The number of nitrogens with zero attached hydrogens (tertiary/aromatic N) is 1. The zero-order valence-electron chi connectivity index (χ0n) is 17.7. The van der Waals surface area contributed by atoms with E-state index in [0.29, 0.717) is 11.3 Å². The van der Waals surface area contributed by atoms with Crippen molar-refractivity contribution in [2.45, 2.75) is 18.1 Å². The van der Waals surface area contributed by atoms with Crippen molar-refractivity contribution in [1.29, 1.82) is 0 Å². The van der Waals surface area contributed by atoms with Crippen LogP contribution in [-0.4, -0.2) is 38.2 Å². The third kappa shape index (κ3) is 6.40. The highest BCUT2D eigenvalue weighted by Gasteiger charge is 2.19. The quantitative estimate of drug-likeness (QED) is 0.313. The molecule has 11 heteroatoms. The van der Waals surface area contributed by atoms with E-state index in [-0.39, 0.29) is 15.5 Å². The number of carbonyl (C=O) groups is 2. The van der Waals surface area contributed by atoms with Crippen molar-refractivity contribution < 1.29 is 27.9 Å². The second-order valence-corrected chi connectivity index (χ2v) is 9.87. The van der Waals surface area contributed by atoms with Crippen LogP contribution in [0.3, 0.4) is 0 Å². The van der Waals surface area contributed by atoms with E-state index in [1.165, 1.54) is 18.3 Å². The highest BCUT2D eigenvalue weighted by molar-refractivity contribution is 7.94. The SMILES string of the molecule is Cc1ccc(OCC(=O)O)c(/C=N\NC(=O)c2cc(C)ccc2NS(=O)(=O)c2cccs2)c1. The molecule has 3 N–H and O–H groups in total. The molecule has 1 heterocycles. The van der Waals surface area contributed by atoms with Gasteiger partial charge in [0.05, 0.1) is 17.5 Å². The number of carboxylic acids is 1. The summed E-state index contributed by atoms with van der Waals surface area (Å²) in [6.45, 7) is 3.10. The molecule has 0 aliphatic carbocycles. The predicted octanol–water partition coefficient (Wildman–Crippen LogP) is 3.39. The van der Waals surface area contributed by atoms with E-state index >= 15 is 0 Å². The Morgan fingerprint density at radius 3 is 2.55 bits per heavy atom. The lowest BCUT2D eigenvalue weighted by atomic mass is 10.1. The maximum absolute atomic E-state index is 12.8. The molecular weight excluding hydrogens is 466 g/mol. The number of nitrogens with one attached hydrogen (secondary N) is 2. The highest BCUT2D eigenvalue weighted by atomic mass is 32.2. The summed E-state index contributed by atoms with van der Waals surface area (Å²) in [6.07, 6.45) is 1.33. The van der Waals surface area contributed by atoms with Crippen LogP contribution in [0.4, 0.5) is 5.69 Å². The lowest BCUT2D eigenvalue weighted by molar-refractivity contribution is -0.139. The average molecular weight is 488 g/mol. The molecule has 0 bridgehead atoms.